The largest absolute Gasteiger partial charge is 0.445 e. The van der Waals surface area contributed by atoms with E-state index in [1.807, 2.05) is 50.2 Å². The molecule has 0 bridgehead atoms. The van der Waals surface area contributed by atoms with E-state index in [1.165, 1.54) is 11.1 Å². The van der Waals surface area contributed by atoms with Crippen LogP contribution >= 0.6 is 11.8 Å². The van der Waals surface area contributed by atoms with Crippen LogP contribution in [0.1, 0.15) is 111 Å². The van der Waals surface area contributed by atoms with Gasteiger partial charge in [-0.05, 0) is 80.8 Å². The number of ether oxygens (including phenoxy) is 1. The molecule has 322 valence electrons. The van der Waals surface area contributed by atoms with E-state index in [-0.39, 0.29) is 61.3 Å². The van der Waals surface area contributed by atoms with Gasteiger partial charge in [0.15, 0.2) is 11.6 Å². The van der Waals surface area contributed by atoms with Crippen LogP contribution in [0.4, 0.5) is 4.79 Å². The molecule has 6 atom stereocenters. The number of carbonyl (C=O) groups excluding carboxylic acids is 4. The zero-order valence-corrected chi connectivity index (χ0v) is 37.5. The van der Waals surface area contributed by atoms with E-state index in [4.69, 9.17) is 4.74 Å². The molecule has 1 saturated heterocycles. The Balaban J connectivity index is 1.44. The molecule has 0 radical (unpaired) electrons. The lowest BCUT2D eigenvalue weighted by Gasteiger charge is -2.33. The quantitative estimate of drug-likeness (QED) is 0.0847. The number of aliphatic imine (C=N–C) groups is 1. The first-order valence-corrected chi connectivity index (χ1v) is 22.8. The van der Waals surface area contributed by atoms with Crippen molar-refractivity contribution in [2.75, 3.05) is 19.6 Å². The molecule has 9 nitrogen and oxygen atoms in total. The van der Waals surface area contributed by atoms with Gasteiger partial charge in [-0.15, -0.1) is 11.8 Å². The summed E-state index contributed by atoms with van der Waals surface area (Å²) >= 11 is 1.61. The van der Waals surface area contributed by atoms with Crippen LogP contribution in [-0.4, -0.2) is 70.5 Å². The number of nitrogens with one attached hydrogen (secondary N) is 2. The Morgan fingerprint density at radius 2 is 1.66 bits per heavy atom. The summed E-state index contributed by atoms with van der Waals surface area (Å²) in [4.78, 5) is 61.5. The molecule has 2 heterocycles. The van der Waals surface area contributed by atoms with Crippen LogP contribution in [0.5, 0.6) is 0 Å². The number of alkyl carbamates (subject to hydrolysis) is 1. The van der Waals surface area contributed by atoms with E-state index in [1.54, 1.807) is 11.8 Å². The van der Waals surface area contributed by atoms with Crippen molar-refractivity contribution in [2.45, 2.75) is 130 Å². The Morgan fingerprint density at radius 3 is 2.31 bits per heavy atom. The molecule has 0 spiro atoms. The van der Waals surface area contributed by atoms with Gasteiger partial charge in [-0.1, -0.05) is 120 Å². The lowest BCUT2D eigenvalue weighted by Crippen LogP contribution is -2.47. The normalized spacial score (nSPS) is 19.1. The van der Waals surface area contributed by atoms with Gasteiger partial charge in [0.25, 0.3) is 0 Å². The number of Topliss-reactive ketones (excluding diaryl/α,β-unsaturated/α-hetero) is 2. The Morgan fingerprint density at radius 1 is 0.983 bits per heavy atom. The molecule has 2 N–H and O–H groups in total. The Hall–Kier alpha value is -4.18. The molecule has 0 aliphatic carbocycles. The second kappa shape index (κ2) is 24.2. The van der Waals surface area contributed by atoms with Crippen molar-refractivity contribution in [3.05, 3.63) is 95.7 Å². The molecule has 4 rings (SSSR count). The summed E-state index contributed by atoms with van der Waals surface area (Å²) in [6, 6.07) is 18.8. The maximum Gasteiger partial charge on any atom is 0.407 e. The van der Waals surface area contributed by atoms with E-state index < -0.39 is 18.1 Å². The zero-order valence-electron chi connectivity index (χ0n) is 36.7. The van der Waals surface area contributed by atoms with Crippen LogP contribution in [0.2, 0.25) is 0 Å². The van der Waals surface area contributed by atoms with Gasteiger partial charge >= 0.3 is 6.09 Å². The number of allylic oxidation sites excluding steroid dienone is 2. The fraction of sp³-hybridized carbons (Fsp3) is 0.571. The lowest BCUT2D eigenvalue weighted by atomic mass is 9.86. The van der Waals surface area contributed by atoms with Crippen molar-refractivity contribution >= 4 is 40.4 Å². The van der Waals surface area contributed by atoms with Crippen molar-refractivity contribution in [3.63, 3.8) is 0 Å². The molecule has 1 fully saturated rings. The zero-order chi connectivity index (χ0) is 42.9. The third-order valence-corrected chi connectivity index (χ3v) is 12.9. The summed E-state index contributed by atoms with van der Waals surface area (Å²) in [5.41, 5.74) is 4.40. The fourth-order valence-electron chi connectivity index (χ4n) is 8.09. The van der Waals surface area contributed by atoms with Crippen molar-refractivity contribution in [2.24, 2.45) is 34.6 Å². The number of hydrogen-bond donors (Lipinski definition) is 2. The third kappa shape index (κ3) is 15.7. The highest BCUT2D eigenvalue weighted by Crippen LogP contribution is 2.33. The Kier molecular flexibility index (Phi) is 19.5. The molecule has 2 aromatic rings. The molecular formula is C49H70N4O5S. The summed E-state index contributed by atoms with van der Waals surface area (Å²) in [7, 11) is 0. The summed E-state index contributed by atoms with van der Waals surface area (Å²) in [5, 5.41) is 7.00. The molecule has 0 aromatic heterocycles. The lowest BCUT2D eigenvalue weighted by molar-refractivity contribution is -0.134. The summed E-state index contributed by atoms with van der Waals surface area (Å²) < 4.78 is 5.35. The molecule has 2 aliphatic rings. The van der Waals surface area contributed by atoms with Crippen molar-refractivity contribution in [1.29, 1.82) is 0 Å². The average Bonchev–Trinajstić information content (AvgIpc) is 3.70. The predicted molar refractivity (Wildman–Crippen MR) is 242 cm³/mol. The van der Waals surface area contributed by atoms with Crippen molar-refractivity contribution in [1.82, 2.24) is 15.5 Å². The van der Waals surface area contributed by atoms with Gasteiger partial charge in [-0.25, -0.2) is 4.79 Å². The minimum atomic E-state index is -0.781. The van der Waals surface area contributed by atoms with Crippen LogP contribution in [0.15, 0.2) is 89.6 Å². The van der Waals surface area contributed by atoms with E-state index >= 15 is 0 Å². The first kappa shape index (κ1) is 47.5. The van der Waals surface area contributed by atoms with Crippen LogP contribution in [-0.2, 0) is 32.1 Å². The van der Waals surface area contributed by atoms with Crippen LogP contribution in [0, 0.1) is 29.6 Å². The summed E-state index contributed by atoms with van der Waals surface area (Å²) in [6.45, 7) is 21.6. The van der Waals surface area contributed by atoms with Gasteiger partial charge < -0.3 is 20.3 Å². The second-order valence-corrected chi connectivity index (χ2v) is 18.9. The number of rotatable bonds is 23. The minimum absolute atomic E-state index is 0.0338. The van der Waals surface area contributed by atoms with Gasteiger partial charge in [-0.3, -0.25) is 19.4 Å². The molecule has 1 unspecified atom stereocenters. The summed E-state index contributed by atoms with van der Waals surface area (Å²) in [5.74, 6) is -0.0545. The van der Waals surface area contributed by atoms with Gasteiger partial charge in [0, 0.05) is 48.8 Å². The number of ketones is 2. The highest BCUT2D eigenvalue weighted by Gasteiger charge is 2.37. The number of thioether (sulfide) groups is 1. The van der Waals surface area contributed by atoms with Gasteiger partial charge in [0.1, 0.15) is 6.61 Å². The first-order valence-electron chi connectivity index (χ1n) is 21.9. The SMILES string of the molecule is C=C([C@H](/C=C(\C)[C@@H](C)CC(C)C)Cc1ccccc1)N1CCC[C@H]1C(=O)C[C@H](C(=O)N[C@@H](CCCNC(=O)OCc1ccccc1)C(=O)CC1=NCCC(C)S1)C(C)C. The second-order valence-electron chi connectivity index (χ2n) is 17.4. The topological polar surface area (TPSA) is 117 Å². The maximum atomic E-state index is 14.3. The fourth-order valence-corrected chi connectivity index (χ4v) is 9.17. The van der Waals surface area contributed by atoms with Gasteiger partial charge in [-0.2, -0.15) is 0 Å². The standard InChI is InChI=1S/C49H70N4O5S/c1-33(2)27-35(5)36(6)28-41(29-39-17-11-9-12-18-39)38(8)53-26-16-22-44(53)46(55)30-42(34(3)4)48(56)52-43(45(54)31-47-50-25-23-37(7)59-47)21-15-24-51-49(57)58-32-40-19-13-10-14-20-40/h9-14,17-20,28,33-35,37,41-44H,8,15-16,21-27,29-32H2,1-7H3,(H,51,57)(H,52,56)/b36-28+/t35-,37?,41+,42-,43-,44-/m0/s1. The Bertz CT molecular complexity index is 1740. The molecule has 10 heteroatoms. The van der Waals surface area contributed by atoms with Gasteiger partial charge in [0.2, 0.25) is 5.91 Å². The van der Waals surface area contributed by atoms with E-state index in [9.17, 15) is 19.2 Å². The minimum Gasteiger partial charge on any atom is -0.445 e. The molecule has 2 aromatic carbocycles. The molecule has 2 aliphatic heterocycles. The smallest absolute Gasteiger partial charge is 0.407 e. The molecular weight excluding hydrogens is 757 g/mol. The molecule has 59 heavy (non-hydrogen) atoms. The maximum absolute atomic E-state index is 14.3. The number of nitrogens with zero attached hydrogens (tertiary/aromatic N) is 2. The van der Waals surface area contributed by atoms with E-state index in [0.717, 1.165) is 55.0 Å². The van der Waals surface area contributed by atoms with Crippen LogP contribution in [0.3, 0.4) is 0 Å². The van der Waals surface area contributed by atoms with Crippen molar-refractivity contribution < 1.29 is 23.9 Å². The third-order valence-electron chi connectivity index (χ3n) is 11.7. The van der Waals surface area contributed by atoms with Crippen molar-refractivity contribution in [3.8, 4) is 0 Å². The van der Waals surface area contributed by atoms with Crippen LogP contribution < -0.4 is 10.6 Å². The number of likely N-dealkylation sites (tertiary alicyclic amines) is 1. The van der Waals surface area contributed by atoms with E-state index in [0.29, 0.717) is 36.5 Å². The number of carbonyl (C=O) groups is 4. The number of hydrogen-bond acceptors (Lipinski definition) is 8. The van der Waals surface area contributed by atoms with Gasteiger partial charge in [0.05, 0.1) is 23.5 Å². The highest BCUT2D eigenvalue weighted by molar-refractivity contribution is 8.14. The van der Waals surface area contributed by atoms with E-state index in [2.05, 4.69) is 92.1 Å². The van der Waals surface area contributed by atoms with Crippen LogP contribution in [0.25, 0.3) is 0 Å². The Labute approximate surface area is 358 Å². The highest BCUT2D eigenvalue weighted by atomic mass is 32.2. The first-order chi connectivity index (χ1) is 28.2. The molecule has 0 saturated carbocycles. The number of benzene rings is 2. The predicted octanol–water partition coefficient (Wildman–Crippen LogP) is 9.76. The molecule has 2 amide bonds. The average molecular weight is 827 g/mol. The monoisotopic (exact) mass is 827 g/mol. The summed E-state index contributed by atoms with van der Waals surface area (Å²) in [6.07, 6.45) is 7.30. The number of amides is 2.